The second-order valence-corrected chi connectivity index (χ2v) is 4.96. The average Bonchev–Trinajstić information content (AvgIpc) is 2.00. The quantitative estimate of drug-likeness (QED) is 0.589. The third kappa shape index (κ3) is 1.61. The molecule has 2 rings (SSSR count). The van der Waals surface area contributed by atoms with Crippen molar-refractivity contribution < 1.29 is 9.53 Å². The lowest BCUT2D eigenvalue weighted by molar-refractivity contribution is -0.118. The van der Waals surface area contributed by atoms with E-state index in [0.717, 1.165) is 17.8 Å². The first-order valence-corrected chi connectivity index (χ1v) is 5.09. The molecule has 1 aliphatic heterocycles. The van der Waals surface area contributed by atoms with Crippen LogP contribution >= 0.6 is 0 Å². The van der Waals surface area contributed by atoms with E-state index in [1.165, 1.54) is 0 Å². The minimum absolute atomic E-state index is 0.0564. The van der Waals surface area contributed by atoms with Gasteiger partial charge in [0.05, 0.1) is 5.57 Å². The van der Waals surface area contributed by atoms with Gasteiger partial charge in [-0.1, -0.05) is 13.8 Å². The van der Waals surface area contributed by atoms with Crippen LogP contribution in [0.5, 0.6) is 0 Å². The van der Waals surface area contributed by atoms with Gasteiger partial charge in [-0.15, -0.1) is 0 Å². The van der Waals surface area contributed by atoms with Gasteiger partial charge in [0.15, 0.2) is 5.78 Å². The molecule has 2 aliphatic rings. The van der Waals surface area contributed by atoms with Gasteiger partial charge in [0, 0.05) is 12.8 Å². The summed E-state index contributed by atoms with van der Waals surface area (Å²) in [5.74, 6) is 1.11. The Bertz CT molecular complexity index is 334. The molecule has 14 heavy (non-hydrogen) atoms. The zero-order valence-electron chi connectivity index (χ0n) is 8.96. The summed E-state index contributed by atoms with van der Waals surface area (Å²) in [7, 11) is 0. The molecule has 1 aliphatic carbocycles. The molecule has 1 heterocycles. The fourth-order valence-corrected chi connectivity index (χ4v) is 2.06. The highest BCUT2D eigenvalue weighted by molar-refractivity contribution is 6.00. The monoisotopic (exact) mass is 192 g/mol. The Labute approximate surface area is 84.6 Å². The predicted octanol–water partition coefficient (Wildman–Crippen LogP) is 2.60. The molecule has 0 spiro atoms. The molecule has 2 heteroatoms. The third-order valence-electron chi connectivity index (χ3n) is 2.74. The fourth-order valence-electron chi connectivity index (χ4n) is 2.06. The molecule has 0 aromatic rings. The molecular weight excluding hydrogens is 176 g/mol. The molecular formula is C12H16O2. The van der Waals surface area contributed by atoms with Crippen molar-refractivity contribution >= 4 is 5.78 Å². The topological polar surface area (TPSA) is 26.3 Å². The Balaban J connectivity index is 2.34. The van der Waals surface area contributed by atoms with Gasteiger partial charge < -0.3 is 4.74 Å². The van der Waals surface area contributed by atoms with E-state index in [2.05, 4.69) is 13.8 Å². The Morgan fingerprint density at radius 3 is 2.86 bits per heavy atom. The number of hydrogen-bond acceptors (Lipinski definition) is 2. The lowest BCUT2D eigenvalue weighted by atomic mass is 9.76. The average molecular weight is 192 g/mol. The maximum Gasteiger partial charge on any atom is 0.166 e. The molecule has 0 radical (unpaired) electrons. The van der Waals surface area contributed by atoms with E-state index in [4.69, 9.17) is 4.74 Å². The number of ether oxygens (including phenoxy) is 1. The number of Topliss-reactive ketones (excluding diaryl/α,β-unsaturated/α-hetero) is 1. The first-order chi connectivity index (χ1) is 6.48. The number of carbonyl (C=O) groups excluding carboxylic acids is 1. The van der Waals surface area contributed by atoms with Crippen molar-refractivity contribution in [2.75, 3.05) is 0 Å². The Kier molecular flexibility index (Phi) is 2.02. The molecule has 76 valence electrons. The van der Waals surface area contributed by atoms with Crippen molar-refractivity contribution in [1.82, 2.24) is 0 Å². The first-order valence-electron chi connectivity index (χ1n) is 5.09. The Hall–Kier alpha value is -1.05. The molecule has 1 unspecified atom stereocenters. The summed E-state index contributed by atoms with van der Waals surface area (Å²) >= 11 is 0. The molecule has 0 saturated carbocycles. The lowest BCUT2D eigenvalue weighted by Crippen LogP contribution is -2.28. The van der Waals surface area contributed by atoms with Gasteiger partial charge in [-0.05, 0) is 24.5 Å². The van der Waals surface area contributed by atoms with E-state index >= 15 is 0 Å². The molecule has 0 fully saturated rings. The van der Waals surface area contributed by atoms with Crippen molar-refractivity contribution in [3.63, 3.8) is 0 Å². The number of carbonyl (C=O) groups is 1. The smallest absolute Gasteiger partial charge is 0.166 e. The van der Waals surface area contributed by atoms with Crippen molar-refractivity contribution in [3.05, 3.63) is 23.5 Å². The molecule has 1 atom stereocenters. The molecule has 0 amide bonds. The van der Waals surface area contributed by atoms with Crippen LogP contribution in [0.15, 0.2) is 23.5 Å². The van der Waals surface area contributed by atoms with Crippen LogP contribution in [-0.4, -0.2) is 11.9 Å². The highest BCUT2D eigenvalue weighted by Crippen LogP contribution is 2.39. The molecule has 0 N–H and O–H groups in total. The summed E-state index contributed by atoms with van der Waals surface area (Å²) in [6.07, 6.45) is 5.47. The third-order valence-corrected chi connectivity index (χ3v) is 2.74. The first kappa shape index (κ1) is 9.50. The van der Waals surface area contributed by atoms with Crippen LogP contribution in [0, 0.1) is 5.41 Å². The molecule has 0 bridgehead atoms. The van der Waals surface area contributed by atoms with E-state index in [1.807, 2.05) is 19.1 Å². The summed E-state index contributed by atoms with van der Waals surface area (Å²) in [4.78, 5) is 11.8. The second-order valence-electron chi connectivity index (χ2n) is 4.96. The number of hydrogen-bond donors (Lipinski definition) is 0. The largest absolute Gasteiger partial charge is 0.490 e. The summed E-state index contributed by atoms with van der Waals surface area (Å²) in [5, 5.41) is 0. The molecule has 0 aromatic heterocycles. The van der Waals surface area contributed by atoms with Crippen LogP contribution in [0.4, 0.5) is 0 Å². The fraction of sp³-hybridized carbons (Fsp3) is 0.583. The SMILES string of the molecule is CC1C=CC2=C(CC(C)(C)CC2=O)O1. The Morgan fingerprint density at radius 1 is 1.43 bits per heavy atom. The lowest BCUT2D eigenvalue weighted by Gasteiger charge is -2.33. The van der Waals surface area contributed by atoms with Crippen LogP contribution in [0.3, 0.4) is 0 Å². The van der Waals surface area contributed by atoms with Gasteiger partial charge in [-0.25, -0.2) is 0 Å². The van der Waals surface area contributed by atoms with Crippen LogP contribution < -0.4 is 0 Å². The van der Waals surface area contributed by atoms with Crippen LogP contribution in [0.1, 0.15) is 33.6 Å². The summed E-state index contributed by atoms with van der Waals surface area (Å²) in [6, 6.07) is 0. The van der Waals surface area contributed by atoms with Gasteiger partial charge >= 0.3 is 0 Å². The molecule has 0 saturated heterocycles. The minimum atomic E-state index is 0.0564. The standard InChI is InChI=1S/C12H16O2/c1-8-4-5-9-10(13)6-12(2,3)7-11(9)14-8/h4-5,8H,6-7H2,1-3H3. The van der Waals surface area contributed by atoms with Gasteiger partial charge in [-0.2, -0.15) is 0 Å². The highest BCUT2D eigenvalue weighted by Gasteiger charge is 2.34. The predicted molar refractivity (Wildman–Crippen MR) is 54.7 cm³/mol. The molecule has 0 aromatic carbocycles. The van der Waals surface area contributed by atoms with Gasteiger partial charge in [0.1, 0.15) is 11.9 Å². The van der Waals surface area contributed by atoms with E-state index < -0.39 is 0 Å². The van der Waals surface area contributed by atoms with Crippen molar-refractivity contribution in [1.29, 1.82) is 0 Å². The van der Waals surface area contributed by atoms with Gasteiger partial charge in [0.2, 0.25) is 0 Å². The van der Waals surface area contributed by atoms with Crippen LogP contribution in [0.2, 0.25) is 0 Å². The normalized spacial score (nSPS) is 29.9. The van der Waals surface area contributed by atoms with Crippen LogP contribution in [0.25, 0.3) is 0 Å². The van der Waals surface area contributed by atoms with E-state index in [0.29, 0.717) is 6.42 Å². The van der Waals surface area contributed by atoms with E-state index in [9.17, 15) is 4.79 Å². The van der Waals surface area contributed by atoms with E-state index in [1.54, 1.807) is 0 Å². The highest BCUT2D eigenvalue weighted by atomic mass is 16.5. The van der Waals surface area contributed by atoms with Crippen molar-refractivity contribution in [2.45, 2.75) is 39.7 Å². The van der Waals surface area contributed by atoms with Crippen molar-refractivity contribution in [3.8, 4) is 0 Å². The zero-order valence-corrected chi connectivity index (χ0v) is 8.96. The van der Waals surface area contributed by atoms with E-state index in [-0.39, 0.29) is 17.3 Å². The summed E-state index contributed by atoms with van der Waals surface area (Å²) in [5.41, 5.74) is 0.850. The number of allylic oxidation sites excluding steroid dienone is 3. The second kappa shape index (κ2) is 2.97. The van der Waals surface area contributed by atoms with Gasteiger partial charge in [-0.3, -0.25) is 4.79 Å². The summed E-state index contributed by atoms with van der Waals surface area (Å²) < 4.78 is 5.67. The Morgan fingerprint density at radius 2 is 2.14 bits per heavy atom. The zero-order chi connectivity index (χ0) is 10.3. The minimum Gasteiger partial charge on any atom is -0.490 e. The maximum absolute atomic E-state index is 11.8. The summed E-state index contributed by atoms with van der Waals surface area (Å²) in [6.45, 7) is 6.22. The maximum atomic E-state index is 11.8. The van der Waals surface area contributed by atoms with Crippen molar-refractivity contribution in [2.24, 2.45) is 5.41 Å². The van der Waals surface area contributed by atoms with Crippen LogP contribution in [-0.2, 0) is 9.53 Å². The number of rotatable bonds is 0. The molecule has 2 nitrogen and oxygen atoms in total. The van der Waals surface area contributed by atoms with Gasteiger partial charge in [0.25, 0.3) is 0 Å². The number of ketones is 1.